The average Bonchev–Trinajstić information content (AvgIpc) is 3.11. The van der Waals surface area contributed by atoms with Gasteiger partial charge in [-0.1, -0.05) is 60.7 Å². The van der Waals surface area contributed by atoms with Crippen LogP contribution < -0.4 is 0 Å². The van der Waals surface area contributed by atoms with E-state index in [2.05, 4.69) is 4.98 Å². The quantitative estimate of drug-likeness (QED) is 0.379. The van der Waals surface area contributed by atoms with Crippen molar-refractivity contribution in [2.24, 2.45) is 0 Å². The van der Waals surface area contributed by atoms with Crippen LogP contribution in [-0.4, -0.2) is 11.0 Å². The van der Waals surface area contributed by atoms with Crippen molar-refractivity contribution in [3.05, 3.63) is 102 Å². The Balaban J connectivity index is 1.72. The number of rotatable bonds is 4. The highest BCUT2D eigenvalue weighted by Gasteiger charge is 2.13. The first-order valence-corrected chi connectivity index (χ1v) is 8.19. The SMILES string of the molecule is O=C(OC(=Cc1nc2ccccc2o1)c1ccccc1)c1ccccc1. The van der Waals surface area contributed by atoms with Crippen molar-refractivity contribution in [1.29, 1.82) is 0 Å². The van der Waals surface area contributed by atoms with E-state index in [9.17, 15) is 4.79 Å². The van der Waals surface area contributed by atoms with E-state index in [0.717, 1.165) is 11.1 Å². The monoisotopic (exact) mass is 341 g/mol. The van der Waals surface area contributed by atoms with E-state index in [1.54, 1.807) is 30.3 Å². The number of hydrogen-bond acceptors (Lipinski definition) is 4. The second kappa shape index (κ2) is 7.07. The minimum Gasteiger partial charge on any atom is -0.437 e. The van der Waals surface area contributed by atoms with Crippen LogP contribution in [0.5, 0.6) is 0 Å². The number of benzene rings is 3. The topological polar surface area (TPSA) is 52.3 Å². The van der Waals surface area contributed by atoms with E-state index < -0.39 is 5.97 Å². The third kappa shape index (κ3) is 3.39. The van der Waals surface area contributed by atoms with Gasteiger partial charge in [0.05, 0.1) is 5.56 Å². The van der Waals surface area contributed by atoms with Crippen LogP contribution in [0.1, 0.15) is 21.8 Å². The van der Waals surface area contributed by atoms with Gasteiger partial charge in [-0.15, -0.1) is 0 Å². The Labute approximate surface area is 150 Å². The summed E-state index contributed by atoms with van der Waals surface area (Å²) in [5.41, 5.74) is 2.67. The highest BCUT2D eigenvalue weighted by Crippen LogP contribution is 2.23. The van der Waals surface area contributed by atoms with Crippen LogP contribution in [0.4, 0.5) is 0 Å². The summed E-state index contributed by atoms with van der Waals surface area (Å²) >= 11 is 0. The van der Waals surface area contributed by atoms with Crippen LogP contribution in [0.15, 0.2) is 89.3 Å². The Hall–Kier alpha value is -3.66. The lowest BCUT2D eigenvalue weighted by Crippen LogP contribution is -2.04. The summed E-state index contributed by atoms with van der Waals surface area (Å²) in [5, 5.41) is 0. The highest BCUT2D eigenvalue weighted by molar-refractivity contribution is 5.95. The summed E-state index contributed by atoms with van der Waals surface area (Å²) in [6.45, 7) is 0. The van der Waals surface area contributed by atoms with Gasteiger partial charge in [-0.25, -0.2) is 9.78 Å². The molecule has 0 radical (unpaired) electrons. The van der Waals surface area contributed by atoms with E-state index >= 15 is 0 Å². The summed E-state index contributed by atoms with van der Waals surface area (Å²) in [6, 6.07) is 25.8. The molecular formula is C22H15NO3. The predicted molar refractivity (Wildman–Crippen MR) is 100 cm³/mol. The van der Waals surface area contributed by atoms with E-state index in [-0.39, 0.29) is 0 Å². The van der Waals surface area contributed by atoms with E-state index in [4.69, 9.17) is 9.15 Å². The zero-order valence-corrected chi connectivity index (χ0v) is 13.8. The second-order valence-electron chi connectivity index (χ2n) is 5.65. The number of aromatic nitrogens is 1. The van der Waals surface area contributed by atoms with Crippen LogP contribution in [0.2, 0.25) is 0 Å². The van der Waals surface area contributed by atoms with Crippen LogP contribution in [0.3, 0.4) is 0 Å². The lowest BCUT2D eigenvalue weighted by Gasteiger charge is -2.08. The van der Waals surface area contributed by atoms with Gasteiger partial charge in [0, 0.05) is 11.6 Å². The van der Waals surface area contributed by atoms with Crippen LogP contribution in [0.25, 0.3) is 22.9 Å². The minimum absolute atomic E-state index is 0.380. The molecule has 4 heteroatoms. The molecule has 0 aliphatic heterocycles. The Morgan fingerprint density at radius 3 is 2.12 bits per heavy atom. The standard InChI is InChI=1S/C22H15NO3/c24-22(17-11-5-2-6-12-17)26-20(16-9-3-1-4-10-16)15-21-23-18-13-7-8-14-19(18)25-21/h1-15H. The molecule has 0 spiro atoms. The van der Waals surface area contributed by atoms with E-state index in [0.29, 0.717) is 22.8 Å². The molecule has 0 saturated heterocycles. The number of carbonyl (C=O) groups is 1. The molecule has 4 nitrogen and oxygen atoms in total. The first-order chi connectivity index (χ1) is 12.8. The second-order valence-corrected chi connectivity index (χ2v) is 5.65. The number of hydrogen-bond donors (Lipinski definition) is 0. The minimum atomic E-state index is -0.434. The van der Waals surface area contributed by atoms with Crippen LogP contribution in [0, 0.1) is 0 Å². The molecule has 0 amide bonds. The van der Waals surface area contributed by atoms with Gasteiger partial charge in [0.25, 0.3) is 0 Å². The van der Waals surface area contributed by atoms with Crippen molar-refractivity contribution in [2.75, 3.05) is 0 Å². The van der Waals surface area contributed by atoms with E-state index in [1.165, 1.54) is 0 Å². The van der Waals surface area contributed by atoms with Gasteiger partial charge in [-0.05, 0) is 24.3 Å². The molecule has 0 aliphatic rings. The van der Waals surface area contributed by atoms with Crippen molar-refractivity contribution in [3.8, 4) is 0 Å². The summed E-state index contributed by atoms with van der Waals surface area (Å²) in [4.78, 5) is 16.9. The Morgan fingerprint density at radius 2 is 1.42 bits per heavy atom. The molecule has 126 valence electrons. The molecule has 0 bridgehead atoms. The summed E-state index contributed by atoms with van der Waals surface area (Å²) in [7, 11) is 0. The van der Waals surface area contributed by atoms with Gasteiger partial charge >= 0.3 is 5.97 Å². The van der Waals surface area contributed by atoms with Gasteiger partial charge in [0.2, 0.25) is 5.89 Å². The number of fused-ring (bicyclic) bond motifs is 1. The van der Waals surface area contributed by atoms with Crippen molar-refractivity contribution in [3.63, 3.8) is 0 Å². The smallest absolute Gasteiger partial charge is 0.343 e. The molecule has 0 unspecified atom stereocenters. The maximum atomic E-state index is 12.5. The van der Waals surface area contributed by atoms with Crippen LogP contribution in [-0.2, 0) is 4.74 Å². The van der Waals surface area contributed by atoms with Crippen molar-refractivity contribution >= 4 is 28.9 Å². The fourth-order valence-electron chi connectivity index (χ4n) is 2.57. The molecule has 0 N–H and O–H groups in total. The lowest BCUT2D eigenvalue weighted by atomic mass is 10.1. The molecule has 0 fully saturated rings. The van der Waals surface area contributed by atoms with Crippen LogP contribution >= 0.6 is 0 Å². The maximum absolute atomic E-state index is 12.5. The van der Waals surface area contributed by atoms with Gasteiger partial charge in [-0.3, -0.25) is 0 Å². The number of para-hydroxylation sites is 2. The zero-order valence-electron chi connectivity index (χ0n) is 13.8. The Bertz CT molecular complexity index is 1030. The normalized spacial score (nSPS) is 11.5. The molecule has 4 rings (SSSR count). The third-order valence-electron chi connectivity index (χ3n) is 3.84. The number of ether oxygens (including phenoxy) is 1. The summed E-state index contributed by atoms with van der Waals surface area (Å²) in [5.74, 6) is 0.328. The van der Waals surface area contributed by atoms with Crippen molar-refractivity contribution < 1.29 is 13.9 Å². The molecule has 0 atom stereocenters. The molecule has 1 heterocycles. The Kier molecular flexibility index (Phi) is 4.31. The third-order valence-corrected chi connectivity index (χ3v) is 3.84. The van der Waals surface area contributed by atoms with Crippen molar-refractivity contribution in [1.82, 2.24) is 4.98 Å². The predicted octanol–water partition coefficient (Wildman–Crippen LogP) is 5.18. The molecule has 0 saturated carbocycles. The molecule has 26 heavy (non-hydrogen) atoms. The lowest BCUT2D eigenvalue weighted by molar-refractivity contribution is 0.0693. The fraction of sp³-hybridized carbons (Fsp3) is 0. The average molecular weight is 341 g/mol. The molecular weight excluding hydrogens is 326 g/mol. The zero-order chi connectivity index (χ0) is 17.8. The number of oxazole rings is 1. The van der Waals surface area contributed by atoms with Gasteiger partial charge < -0.3 is 9.15 Å². The molecule has 3 aromatic carbocycles. The first kappa shape index (κ1) is 15.8. The maximum Gasteiger partial charge on any atom is 0.343 e. The molecule has 4 aromatic rings. The van der Waals surface area contributed by atoms with Crippen molar-refractivity contribution in [2.45, 2.75) is 0 Å². The van der Waals surface area contributed by atoms with E-state index in [1.807, 2.05) is 60.7 Å². The molecule has 1 aromatic heterocycles. The number of carbonyl (C=O) groups excluding carboxylic acids is 1. The summed E-state index contributed by atoms with van der Waals surface area (Å²) < 4.78 is 11.4. The van der Waals surface area contributed by atoms with Gasteiger partial charge in [0.1, 0.15) is 11.3 Å². The van der Waals surface area contributed by atoms with Gasteiger partial charge in [-0.2, -0.15) is 0 Å². The first-order valence-electron chi connectivity index (χ1n) is 8.19. The fourth-order valence-corrected chi connectivity index (χ4v) is 2.57. The highest BCUT2D eigenvalue weighted by atomic mass is 16.5. The number of nitrogens with zero attached hydrogens (tertiary/aromatic N) is 1. The summed E-state index contributed by atoms with van der Waals surface area (Å²) in [6.07, 6.45) is 1.64. The Morgan fingerprint density at radius 1 is 0.808 bits per heavy atom. The number of esters is 1. The largest absolute Gasteiger partial charge is 0.437 e. The molecule has 0 aliphatic carbocycles. The van der Waals surface area contributed by atoms with Gasteiger partial charge in [0.15, 0.2) is 5.58 Å².